The van der Waals surface area contributed by atoms with Gasteiger partial charge in [0, 0.05) is 19.4 Å². The Balaban J connectivity index is 3.72. The summed E-state index contributed by atoms with van der Waals surface area (Å²) in [4.78, 5) is 35.5. The number of ether oxygens (including phenoxy) is 2. The van der Waals surface area contributed by atoms with Gasteiger partial charge in [0.15, 0.2) is 6.10 Å². The van der Waals surface area contributed by atoms with E-state index in [2.05, 4.69) is 62.5 Å². The third kappa shape index (κ3) is 80.8. The molecule has 95 heavy (non-hydrogen) atoms. The van der Waals surface area contributed by atoms with Gasteiger partial charge >= 0.3 is 19.8 Å². The van der Waals surface area contributed by atoms with Crippen LogP contribution in [-0.4, -0.2) is 49.3 Å². The molecular weight excluding hydrogens is 1190 g/mol. The first-order valence-corrected chi connectivity index (χ1v) is 43.6. The molecule has 0 aliphatic carbocycles. The summed E-state index contributed by atoms with van der Waals surface area (Å²) in [6.45, 7) is 3.81. The molecule has 0 aromatic carbocycles. The summed E-state index contributed by atoms with van der Waals surface area (Å²) in [6, 6.07) is 0. The molecule has 0 aliphatic rings. The standard InChI is InChI=1S/C85H162NO8P/c1-3-5-7-9-11-13-15-17-19-21-23-25-27-29-31-33-35-37-39-40-41-42-44-46-48-50-52-54-56-58-60-62-64-66-68-70-72-74-76-78-85(88)94-83(82-93-95(89,90)92-80-79-86)81-91-84(87)77-75-73-71-69-67-65-63-61-59-57-55-53-51-49-47-45-43-38-36-34-32-30-28-26-24-22-20-18-16-14-12-10-8-6-4-2/h15-18,21-24,83H,3-14,19-20,25-82,86H2,1-2H3,(H,89,90)/b17-15-,18-16-,23-21-,24-22-. The van der Waals surface area contributed by atoms with E-state index < -0.39 is 26.5 Å². The molecule has 0 radical (unpaired) electrons. The first-order chi connectivity index (χ1) is 46.8. The molecule has 0 saturated carbocycles. The van der Waals surface area contributed by atoms with Crippen molar-refractivity contribution in [3.8, 4) is 0 Å². The molecule has 2 unspecified atom stereocenters. The van der Waals surface area contributed by atoms with E-state index in [0.29, 0.717) is 6.42 Å². The van der Waals surface area contributed by atoms with E-state index in [-0.39, 0.29) is 38.6 Å². The molecule has 3 N–H and O–H groups in total. The van der Waals surface area contributed by atoms with Crippen molar-refractivity contribution in [1.29, 1.82) is 0 Å². The smallest absolute Gasteiger partial charge is 0.462 e. The van der Waals surface area contributed by atoms with Gasteiger partial charge in [0.1, 0.15) is 6.61 Å². The van der Waals surface area contributed by atoms with Crippen LogP contribution in [0.15, 0.2) is 48.6 Å². The van der Waals surface area contributed by atoms with Crippen molar-refractivity contribution in [2.45, 2.75) is 457 Å². The molecule has 10 heteroatoms. The Morgan fingerprint density at radius 3 is 0.800 bits per heavy atom. The van der Waals surface area contributed by atoms with Gasteiger partial charge in [-0.25, -0.2) is 4.57 Å². The normalized spacial score (nSPS) is 13.0. The molecule has 0 aromatic rings. The fourth-order valence-electron chi connectivity index (χ4n) is 12.9. The highest BCUT2D eigenvalue weighted by molar-refractivity contribution is 7.47. The number of allylic oxidation sites excluding steroid dienone is 8. The molecule has 0 amide bonds. The number of hydrogen-bond acceptors (Lipinski definition) is 8. The molecule has 0 bridgehead atoms. The zero-order valence-electron chi connectivity index (χ0n) is 63.4. The minimum absolute atomic E-state index is 0.0564. The summed E-state index contributed by atoms with van der Waals surface area (Å²) in [5.74, 6) is -0.800. The fourth-order valence-corrected chi connectivity index (χ4v) is 13.7. The topological polar surface area (TPSA) is 134 Å². The van der Waals surface area contributed by atoms with Gasteiger partial charge in [-0.1, -0.05) is 409 Å². The summed E-state index contributed by atoms with van der Waals surface area (Å²) >= 11 is 0. The van der Waals surface area contributed by atoms with Crippen LogP contribution < -0.4 is 5.73 Å². The van der Waals surface area contributed by atoms with Crippen LogP contribution in [-0.2, 0) is 32.7 Å². The number of rotatable bonds is 81. The maximum absolute atomic E-state index is 12.8. The summed E-state index contributed by atoms with van der Waals surface area (Å²) in [6.07, 6.45) is 106. The van der Waals surface area contributed by atoms with Crippen molar-refractivity contribution in [1.82, 2.24) is 0 Å². The van der Waals surface area contributed by atoms with Crippen molar-refractivity contribution in [3.63, 3.8) is 0 Å². The monoisotopic (exact) mass is 1360 g/mol. The Morgan fingerprint density at radius 2 is 0.547 bits per heavy atom. The first kappa shape index (κ1) is 93.0. The summed E-state index contributed by atoms with van der Waals surface area (Å²) in [7, 11) is -4.39. The lowest BCUT2D eigenvalue weighted by Gasteiger charge is -2.19. The highest BCUT2D eigenvalue weighted by Crippen LogP contribution is 2.43. The van der Waals surface area contributed by atoms with Gasteiger partial charge in [0.05, 0.1) is 13.2 Å². The fraction of sp³-hybridized carbons (Fsp3) is 0.882. The number of carbonyl (C=O) groups excluding carboxylic acids is 2. The quantitative estimate of drug-likeness (QED) is 0.0264. The minimum Gasteiger partial charge on any atom is -0.462 e. The highest BCUT2D eigenvalue weighted by Gasteiger charge is 2.26. The zero-order valence-corrected chi connectivity index (χ0v) is 64.3. The van der Waals surface area contributed by atoms with E-state index in [9.17, 15) is 19.0 Å². The number of phosphoric ester groups is 1. The molecule has 0 rings (SSSR count). The Morgan fingerprint density at radius 1 is 0.316 bits per heavy atom. The van der Waals surface area contributed by atoms with Crippen molar-refractivity contribution >= 4 is 19.8 Å². The Labute approximate surface area is 591 Å². The maximum Gasteiger partial charge on any atom is 0.472 e. The number of carbonyl (C=O) groups is 2. The van der Waals surface area contributed by atoms with Crippen LogP contribution in [0.2, 0.25) is 0 Å². The van der Waals surface area contributed by atoms with Crippen molar-refractivity contribution in [2.75, 3.05) is 26.4 Å². The highest BCUT2D eigenvalue weighted by atomic mass is 31.2. The van der Waals surface area contributed by atoms with E-state index in [1.165, 1.54) is 372 Å². The van der Waals surface area contributed by atoms with Crippen LogP contribution in [0.4, 0.5) is 0 Å². The number of unbranched alkanes of at least 4 members (excludes halogenated alkanes) is 60. The van der Waals surface area contributed by atoms with E-state index in [0.717, 1.165) is 44.9 Å². The molecule has 0 aliphatic heterocycles. The lowest BCUT2D eigenvalue weighted by molar-refractivity contribution is -0.161. The average molecular weight is 1360 g/mol. The molecular formula is C85H162NO8P. The van der Waals surface area contributed by atoms with Crippen molar-refractivity contribution < 1.29 is 37.6 Å². The van der Waals surface area contributed by atoms with Gasteiger partial charge in [-0.05, 0) is 77.0 Å². The first-order valence-electron chi connectivity index (χ1n) is 42.1. The van der Waals surface area contributed by atoms with Crippen molar-refractivity contribution in [3.05, 3.63) is 48.6 Å². The average Bonchev–Trinajstić information content (AvgIpc) is 3.16. The Kier molecular flexibility index (Phi) is 79.2. The van der Waals surface area contributed by atoms with Gasteiger partial charge in [-0.15, -0.1) is 0 Å². The molecule has 0 heterocycles. The van der Waals surface area contributed by atoms with Crippen LogP contribution >= 0.6 is 7.82 Å². The molecule has 560 valence electrons. The summed E-state index contributed by atoms with van der Waals surface area (Å²) in [5.41, 5.74) is 5.42. The predicted octanol–water partition coefficient (Wildman–Crippen LogP) is 28.3. The van der Waals surface area contributed by atoms with Gasteiger partial charge in [-0.3, -0.25) is 18.6 Å². The molecule has 0 saturated heterocycles. The second kappa shape index (κ2) is 80.9. The summed E-state index contributed by atoms with van der Waals surface area (Å²) in [5, 5.41) is 0. The van der Waals surface area contributed by atoms with Gasteiger partial charge in [-0.2, -0.15) is 0 Å². The molecule has 0 fully saturated rings. The maximum atomic E-state index is 12.8. The molecule has 0 spiro atoms. The second-order valence-corrected chi connectivity index (χ2v) is 30.2. The largest absolute Gasteiger partial charge is 0.472 e. The molecule has 0 aromatic heterocycles. The van der Waals surface area contributed by atoms with Crippen LogP contribution in [0, 0.1) is 0 Å². The minimum atomic E-state index is -4.39. The Hall–Kier alpha value is -2.03. The lowest BCUT2D eigenvalue weighted by Crippen LogP contribution is -2.29. The second-order valence-electron chi connectivity index (χ2n) is 28.7. The van der Waals surface area contributed by atoms with E-state index in [4.69, 9.17) is 24.3 Å². The number of esters is 2. The number of phosphoric acid groups is 1. The van der Waals surface area contributed by atoms with Crippen LogP contribution in [0.3, 0.4) is 0 Å². The molecule has 9 nitrogen and oxygen atoms in total. The van der Waals surface area contributed by atoms with Crippen LogP contribution in [0.25, 0.3) is 0 Å². The number of nitrogens with two attached hydrogens (primary N) is 1. The number of hydrogen-bond donors (Lipinski definition) is 2. The van der Waals surface area contributed by atoms with Crippen molar-refractivity contribution in [2.24, 2.45) is 5.73 Å². The van der Waals surface area contributed by atoms with E-state index in [1.54, 1.807) is 0 Å². The zero-order chi connectivity index (χ0) is 68.6. The summed E-state index contributed by atoms with van der Waals surface area (Å²) < 4.78 is 33.3. The van der Waals surface area contributed by atoms with Crippen LogP contribution in [0.1, 0.15) is 450 Å². The lowest BCUT2D eigenvalue weighted by atomic mass is 10.0. The van der Waals surface area contributed by atoms with Gasteiger partial charge in [0.25, 0.3) is 0 Å². The van der Waals surface area contributed by atoms with E-state index in [1.807, 2.05) is 0 Å². The third-order valence-electron chi connectivity index (χ3n) is 19.2. The predicted molar refractivity (Wildman–Crippen MR) is 413 cm³/mol. The SMILES string of the molecule is CCCCCCC/C=C\C/C=C\CCCCCCCCCCCCCCCCCCCCCCCCCCCCCC(=O)OC(COC(=O)CCCCCCCCCCCCCCCCCCCCCCCCC/C=C\C/C=C\CCCCCCC)COP(=O)(O)OCCN. The Bertz CT molecular complexity index is 1700. The third-order valence-corrected chi connectivity index (χ3v) is 20.2. The van der Waals surface area contributed by atoms with Gasteiger partial charge < -0.3 is 20.1 Å². The van der Waals surface area contributed by atoms with E-state index >= 15 is 0 Å². The van der Waals surface area contributed by atoms with Gasteiger partial charge in [0.2, 0.25) is 0 Å². The molecule has 2 atom stereocenters. The van der Waals surface area contributed by atoms with Crippen LogP contribution in [0.5, 0.6) is 0 Å².